The number of hydrogen-bond acceptors (Lipinski definition) is 6. The minimum absolute atomic E-state index is 0.175. The molecule has 0 radical (unpaired) electrons. The van der Waals surface area contributed by atoms with Gasteiger partial charge in [-0.15, -0.1) is 0 Å². The summed E-state index contributed by atoms with van der Waals surface area (Å²) >= 11 is 0. The fraction of sp³-hybridized carbons (Fsp3) is 0.0833. The smallest absolute Gasteiger partial charge is 0.340 e. The number of carbonyl (C=O) groups is 2. The van der Waals surface area contributed by atoms with Crippen LogP contribution in [0.3, 0.4) is 0 Å². The van der Waals surface area contributed by atoms with Gasteiger partial charge in [-0.2, -0.15) is 4.98 Å². The van der Waals surface area contributed by atoms with Gasteiger partial charge in [0.1, 0.15) is 0 Å². The van der Waals surface area contributed by atoms with Crippen molar-refractivity contribution < 1.29 is 18.8 Å². The maximum atomic E-state index is 12.6. The van der Waals surface area contributed by atoms with Gasteiger partial charge in [0.05, 0.1) is 11.3 Å². The van der Waals surface area contributed by atoms with Gasteiger partial charge in [0.2, 0.25) is 5.82 Å². The van der Waals surface area contributed by atoms with Crippen LogP contribution in [0.15, 0.2) is 83.4 Å². The zero-order valence-corrected chi connectivity index (χ0v) is 16.7. The lowest BCUT2D eigenvalue weighted by atomic mass is 10.1. The van der Waals surface area contributed by atoms with Crippen LogP contribution in [0, 0.1) is 6.92 Å². The fourth-order valence-electron chi connectivity index (χ4n) is 2.97. The van der Waals surface area contributed by atoms with Crippen LogP contribution in [-0.2, 0) is 11.3 Å². The van der Waals surface area contributed by atoms with E-state index in [-0.39, 0.29) is 24.0 Å². The van der Waals surface area contributed by atoms with Crippen LogP contribution in [0.5, 0.6) is 0 Å². The molecule has 31 heavy (non-hydrogen) atoms. The second-order valence-electron chi connectivity index (χ2n) is 6.82. The molecule has 7 heteroatoms. The number of aryl methyl sites for hydroxylation is 1. The highest BCUT2D eigenvalue weighted by Gasteiger charge is 2.17. The minimum atomic E-state index is -0.611. The second kappa shape index (κ2) is 9.04. The van der Waals surface area contributed by atoms with E-state index in [0.29, 0.717) is 17.1 Å². The molecule has 0 saturated carbocycles. The van der Waals surface area contributed by atoms with Crippen molar-refractivity contribution in [3.05, 3.63) is 101 Å². The Morgan fingerprint density at radius 1 is 0.968 bits per heavy atom. The van der Waals surface area contributed by atoms with Gasteiger partial charge in [-0.1, -0.05) is 65.3 Å². The van der Waals surface area contributed by atoms with Crippen molar-refractivity contribution in [2.75, 3.05) is 5.32 Å². The molecule has 7 nitrogen and oxygen atoms in total. The molecule has 4 aromatic rings. The van der Waals surface area contributed by atoms with E-state index in [1.54, 1.807) is 42.5 Å². The van der Waals surface area contributed by atoms with Gasteiger partial charge in [-0.3, -0.25) is 4.79 Å². The first-order chi connectivity index (χ1) is 15.1. The number of esters is 1. The van der Waals surface area contributed by atoms with Crippen molar-refractivity contribution in [1.82, 2.24) is 10.1 Å². The average Bonchev–Trinajstić information content (AvgIpc) is 3.27. The molecule has 154 valence electrons. The summed E-state index contributed by atoms with van der Waals surface area (Å²) in [6, 6.07) is 23.2. The number of rotatable bonds is 6. The van der Waals surface area contributed by atoms with E-state index < -0.39 is 5.97 Å². The molecule has 0 aliphatic heterocycles. The Bertz CT molecular complexity index is 1220. The SMILES string of the molecule is Cc1cccc(C(=O)Nc2ccccc2C(=O)OCc2nc(-c3ccccc3)no2)c1. The third kappa shape index (κ3) is 4.84. The summed E-state index contributed by atoms with van der Waals surface area (Å²) < 4.78 is 10.5. The van der Waals surface area contributed by atoms with Crippen molar-refractivity contribution in [1.29, 1.82) is 0 Å². The number of hydrogen-bond donors (Lipinski definition) is 1. The zero-order valence-electron chi connectivity index (χ0n) is 16.7. The first-order valence-corrected chi connectivity index (χ1v) is 9.62. The molecular weight excluding hydrogens is 394 g/mol. The number of aromatic nitrogens is 2. The highest BCUT2D eigenvalue weighted by Crippen LogP contribution is 2.19. The monoisotopic (exact) mass is 413 g/mol. The second-order valence-corrected chi connectivity index (χ2v) is 6.82. The Morgan fingerprint density at radius 2 is 1.74 bits per heavy atom. The van der Waals surface area contributed by atoms with Gasteiger partial charge in [0, 0.05) is 11.1 Å². The molecule has 0 aliphatic rings. The van der Waals surface area contributed by atoms with Crippen LogP contribution in [0.25, 0.3) is 11.4 Å². The van der Waals surface area contributed by atoms with Crippen molar-refractivity contribution in [2.45, 2.75) is 13.5 Å². The van der Waals surface area contributed by atoms with Gasteiger partial charge in [-0.25, -0.2) is 4.79 Å². The van der Waals surface area contributed by atoms with Crippen LogP contribution in [0.2, 0.25) is 0 Å². The molecule has 0 fully saturated rings. The maximum Gasteiger partial charge on any atom is 0.340 e. The predicted molar refractivity (Wildman–Crippen MR) is 114 cm³/mol. The van der Waals surface area contributed by atoms with E-state index in [0.717, 1.165) is 11.1 Å². The van der Waals surface area contributed by atoms with E-state index in [9.17, 15) is 9.59 Å². The lowest BCUT2D eigenvalue weighted by molar-refractivity contribution is 0.0431. The summed E-state index contributed by atoms with van der Waals surface area (Å²) in [4.78, 5) is 29.4. The highest BCUT2D eigenvalue weighted by molar-refractivity contribution is 6.08. The Kier molecular flexibility index (Phi) is 5.84. The normalized spacial score (nSPS) is 10.5. The number of benzene rings is 3. The first-order valence-electron chi connectivity index (χ1n) is 9.62. The van der Waals surface area contributed by atoms with E-state index in [4.69, 9.17) is 9.26 Å². The zero-order chi connectivity index (χ0) is 21.6. The molecule has 1 heterocycles. The molecule has 0 spiro atoms. The number of nitrogens with zero attached hydrogens (tertiary/aromatic N) is 2. The van der Waals surface area contributed by atoms with Crippen LogP contribution in [0.4, 0.5) is 5.69 Å². The molecule has 4 rings (SSSR count). The summed E-state index contributed by atoms with van der Waals surface area (Å²) in [5.41, 5.74) is 2.85. The lowest BCUT2D eigenvalue weighted by Gasteiger charge is -2.10. The summed E-state index contributed by atoms with van der Waals surface area (Å²) in [6.07, 6.45) is 0. The largest absolute Gasteiger partial charge is 0.452 e. The van der Waals surface area contributed by atoms with Crippen LogP contribution in [0.1, 0.15) is 32.2 Å². The lowest BCUT2D eigenvalue weighted by Crippen LogP contribution is -2.16. The number of nitrogens with one attached hydrogen (secondary N) is 1. The Hall–Kier alpha value is -4.26. The van der Waals surface area contributed by atoms with Crippen molar-refractivity contribution >= 4 is 17.6 Å². The van der Waals surface area contributed by atoms with E-state index >= 15 is 0 Å². The fourth-order valence-corrected chi connectivity index (χ4v) is 2.97. The highest BCUT2D eigenvalue weighted by atomic mass is 16.6. The number of carbonyl (C=O) groups excluding carboxylic acids is 2. The van der Waals surface area contributed by atoms with E-state index in [2.05, 4.69) is 15.5 Å². The molecule has 0 bridgehead atoms. The summed E-state index contributed by atoms with van der Waals surface area (Å²) in [5.74, 6) is -0.334. The molecule has 1 aromatic heterocycles. The van der Waals surface area contributed by atoms with Crippen LogP contribution in [-0.4, -0.2) is 22.0 Å². The Balaban J connectivity index is 1.44. The number of anilines is 1. The Labute approximate surface area is 178 Å². The standard InChI is InChI=1S/C24H19N3O4/c1-16-8-7-11-18(14-16)23(28)25-20-13-6-5-12-19(20)24(29)30-15-21-26-22(27-31-21)17-9-3-2-4-10-17/h2-14H,15H2,1H3,(H,25,28). The van der Waals surface area contributed by atoms with Gasteiger partial charge >= 0.3 is 5.97 Å². The summed E-state index contributed by atoms with van der Waals surface area (Å²) in [6.45, 7) is 1.72. The van der Waals surface area contributed by atoms with E-state index in [1.165, 1.54) is 0 Å². The van der Waals surface area contributed by atoms with Crippen molar-refractivity contribution in [3.63, 3.8) is 0 Å². The third-order valence-corrected chi connectivity index (χ3v) is 4.50. The summed E-state index contributed by atoms with van der Waals surface area (Å²) in [5, 5.41) is 6.67. The van der Waals surface area contributed by atoms with Crippen molar-refractivity contribution in [3.8, 4) is 11.4 Å². The summed E-state index contributed by atoms with van der Waals surface area (Å²) in [7, 11) is 0. The number of para-hydroxylation sites is 1. The molecule has 0 atom stereocenters. The number of amides is 1. The quantitative estimate of drug-likeness (QED) is 0.462. The molecule has 0 saturated heterocycles. The van der Waals surface area contributed by atoms with Crippen LogP contribution >= 0.6 is 0 Å². The van der Waals surface area contributed by atoms with Gasteiger partial charge in [-0.05, 0) is 31.2 Å². The third-order valence-electron chi connectivity index (χ3n) is 4.50. The number of ether oxygens (including phenoxy) is 1. The van der Waals surface area contributed by atoms with Gasteiger partial charge in [0.15, 0.2) is 6.61 Å². The van der Waals surface area contributed by atoms with Crippen molar-refractivity contribution in [2.24, 2.45) is 0 Å². The predicted octanol–water partition coefficient (Wildman–Crippen LogP) is 4.65. The molecule has 3 aromatic carbocycles. The Morgan fingerprint density at radius 3 is 2.55 bits per heavy atom. The molecular formula is C24H19N3O4. The first kappa shape index (κ1) is 20.0. The molecule has 0 unspecified atom stereocenters. The topological polar surface area (TPSA) is 94.3 Å². The van der Waals surface area contributed by atoms with Gasteiger partial charge in [0.25, 0.3) is 11.8 Å². The maximum absolute atomic E-state index is 12.6. The molecule has 1 N–H and O–H groups in total. The average molecular weight is 413 g/mol. The van der Waals surface area contributed by atoms with E-state index in [1.807, 2.05) is 43.3 Å². The van der Waals surface area contributed by atoms with Crippen LogP contribution < -0.4 is 5.32 Å². The molecule has 1 amide bonds. The van der Waals surface area contributed by atoms with Gasteiger partial charge < -0.3 is 14.6 Å². The minimum Gasteiger partial charge on any atom is -0.452 e. The molecule has 0 aliphatic carbocycles.